The maximum Gasteiger partial charge on any atom is 0.329 e. The number of rotatable bonds is 5. The fourth-order valence-electron chi connectivity index (χ4n) is 1.08. The van der Waals surface area contributed by atoms with Gasteiger partial charge < -0.3 is 9.57 Å². The van der Waals surface area contributed by atoms with Crippen molar-refractivity contribution in [2.45, 2.75) is 13.3 Å². The Kier molecular flexibility index (Phi) is 4.68. The van der Waals surface area contributed by atoms with Crippen LogP contribution in [0.5, 0.6) is 5.75 Å². The SMILES string of the molecule is Cc1cc(OCCC(=O)ONN)ccc1F. The molecule has 0 atom stereocenters. The Morgan fingerprint density at radius 1 is 1.56 bits per heavy atom. The largest absolute Gasteiger partial charge is 0.493 e. The van der Waals surface area contributed by atoms with Crippen molar-refractivity contribution in [3.05, 3.63) is 29.6 Å². The van der Waals surface area contributed by atoms with Gasteiger partial charge in [-0.3, -0.25) is 4.79 Å². The molecule has 88 valence electrons. The Morgan fingerprint density at radius 2 is 2.31 bits per heavy atom. The van der Waals surface area contributed by atoms with Crippen LogP contribution in [0.3, 0.4) is 0 Å². The molecule has 0 aliphatic rings. The summed E-state index contributed by atoms with van der Waals surface area (Å²) in [5, 5.41) is 0. The fraction of sp³-hybridized carbons (Fsp3) is 0.300. The van der Waals surface area contributed by atoms with E-state index in [0.717, 1.165) is 0 Å². The minimum atomic E-state index is -0.527. The van der Waals surface area contributed by atoms with E-state index in [0.29, 0.717) is 11.3 Å². The average Bonchev–Trinajstić information content (AvgIpc) is 2.24. The van der Waals surface area contributed by atoms with Crippen molar-refractivity contribution in [1.29, 1.82) is 0 Å². The molecule has 1 aromatic carbocycles. The normalized spacial score (nSPS) is 9.94. The van der Waals surface area contributed by atoms with E-state index in [1.807, 2.05) is 0 Å². The third-order valence-corrected chi connectivity index (χ3v) is 1.88. The molecule has 0 aromatic heterocycles. The van der Waals surface area contributed by atoms with Gasteiger partial charge in [0.1, 0.15) is 11.6 Å². The Balaban J connectivity index is 2.37. The van der Waals surface area contributed by atoms with Crippen molar-refractivity contribution in [3.8, 4) is 5.75 Å². The van der Waals surface area contributed by atoms with Crippen LogP contribution in [-0.2, 0) is 9.63 Å². The van der Waals surface area contributed by atoms with Gasteiger partial charge in [-0.15, -0.1) is 0 Å². The molecule has 6 heteroatoms. The van der Waals surface area contributed by atoms with Gasteiger partial charge in [-0.2, -0.15) is 0 Å². The summed E-state index contributed by atoms with van der Waals surface area (Å²) in [5.74, 6) is 4.46. The van der Waals surface area contributed by atoms with Gasteiger partial charge >= 0.3 is 5.97 Å². The van der Waals surface area contributed by atoms with Crippen LogP contribution < -0.4 is 16.2 Å². The zero-order valence-corrected chi connectivity index (χ0v) is 8.83. The number of hydrogen-bond acceptors (Lipinski definition) is 5. The van der Waals surface area contributed by atoms with Crippen molar-refractivity contribution < 1.29 is 18.8 Å². The molecular weight excluding hydrogens is 215 g/mol. The Morgan fingerprint density at radius 3 is 2.94 bits per heavy atom. The Bertz CT molecular complexity index is 371. The van der Waals surface area contributed by atoms with Crippen molar-refractivity contribution in [2.24, 2.45) is 5.84 Å². The quantitative estimate of drug-likeness (QED) is 0.576. The van der Waals surface area contributed by atoms with E-state index < -0.39 is 5.97 Å². The average molecular weight is 228 g/mol. The molecule has 0 saturated carbocycles. The van der Waals surface area contributed by atoms with Crippen LogP contribution in [0, 0.1) is 12.7 Å². The molecule has 1 rings (SSSR count). The van der Waals surface area contributed by atoms with Crippen LogP contribution >= 0.6 is 0 Å². The lowest BCUT2D eigenvalue weighted by molar-refractivity contribution is -0.151. The molecule has 0 spiro atoms. The van der Waals surface area contributed by atoms with Gasteiger partial charge in [0.05, 0.1) is 13.0 Å². The molecule has 0 fully saturated rings. The molecule has 3 N–H and O–H groups in total. The highest BCUT2D eigenvalue weighted by Crippen LogP contribution is 2.15. The van der Waals surface area contributed by atoms with Crippen LogP contribution in [0.25, 0.3) is 0 Å². The molecule has 1 aromatic rings. The smallest absolute Gasteiger partial charge is 0.329 e. The fourth-order valence-corrected chi connectivity index (χ4v) is 1.08. The molecule has 0 aliphatic carbocycles. The van der Waals surface area contributed by atoms with Gasteiger partial charge in [0.15, 0.2) is 0 Å². The molecule has 0 bridgehead atoms. The molecule has 16 heavy (non-hydrogen) atoms. The minimum absolute atomic E-state index is 0.0562. The topological polar surface area (TPSA) is 73.6 Å². The summed E-state index contributed by atoms with van der Waals surface area (Å²) < 4.78 is 18.1. The molecule has 0 heterocycles. The number of nitrogens with two attached hydrogens (primary N) is 1. The predicted molar refractivity (Wildman–Crippen MR) is 54.7 cm³/mol. The van der Waals surface area contributed by atoms with Gasteiger partial charge in [-0.25, -0.2) is 10.2 Å². The molecule has 0 saturated heterocycles. The summed E-state index contributed by atoms with van der Waals surface area (Å²) >= 11 is 0. The second-order valence-corrected chi connectivity index (χ2v) is 3.10. The molecule has 0 unspecified atom stereocenters. The van der Waals surface area contributed by atoms with Crippen LogP contribution in [0.15, 0.2) is 18.2 Å². The van der Waals surface area contributed by atoms with Gasteiger partial charge in [0.25, 0.3) is 0 Å². The molecule has 5 nitrogen and oxygen atoms in total. The van der Waals surface area contributed by atoms with Crippen LogP contribution in [0.4, 0.5) is 4.39 Å². The van der Waals surface area contributed by atoms with E-state index in [2.05, 4.69) is 4.84 Å². The Labute approximate surface area is 92.3 Å². The lowest BCUT2D eigenvalue weighted by atomic mass is 10.2. The second kappa shape index (κ2) is 6.04. The zero-order chi connectivity index (χ0) is 12.0. The summed E-state index contributed by atoms with van der Waals surface area (Å²) in [6.07, 6.45) is 0.0562. The molecule has 0 amide bonds. The summed E-state index contributed by atoms with van der Waals surface area (Å²) in [6.45, 7) is 1.78. The van der Waals surface area contributed by atoms with E-state index in [1.54, 1.807) is 18.6 Å². The first-order valence-corrected chi connectivity index (χ1v) is 4.67. The van der Waals surface area contributed by atoms with Crippen LogP contribution in [0.2, 0.25) is 0 Å². The standard InChI is InChI=1S/C10H13FN2O3/c1-7-6-8(2-3-9(7)11)15-5-4-10(14)16-13-12/h2-3,6,13H,4-5,12H2,1H3. The molecular formula is C10H13FN2O3. The highest BCUT2D eigenvalue weighted by Gasteiger charge is 2.04. The van der Waals surface area contributed by atoms with Gasteiger partial charge in [-0.05, 0) is 30.7 Å². The molecule has 0 radical (unpaired) electrons. The number of nitrogens with one attached hydrogen (secondary N) is 1. The third-order valence-electron chi connectivity index (χ3n) is 1.88. The first-order valence-electron chi connectivity index (χ1n) is 4.67. The highest BCUT2D eigenvalue weighted by atomic mass is 19.1. The van der Waals surface area contributed by atoms with Crippen molar-refractivity contribution in [1.82, 2.24) is 5.59 Å². The number of carbonyl (C=O) groups is 1. The number of hydrazine groups is 1. The van der Waals surface area contributed by atoms with Gasteiger partial charge in [-0.1, -0.05) is 5.59 Å². The number of halogens is 1. The zero-order valence-electron chi connectivity index (χ0n) is 8.83. The maximum atomic E-state index is 12.9. The number of aryl methyl sites for hydroxylation is 1. The lowest BCUT2D eigenvalue weighted by Gasteiger charge is -2.06. The Hall–Kier alpha value is -1.66. The maximum absolute atomic E-state index is 12.9. The summed E-state index contributed by atoms with van der Waals surface area (Å²) in [7, 11) is 0. The molecule has 0 aliphatic heterocycles. The highest BCUT2D eigenvalue weighted by molar-refractivity contribution is 5.69. The summed E-state index contributed by atoms with van der Waals surface area (Å²) in [6, 6.07) is 4.36. The lowest BCUT2D eigenvalue weighted by Crippen LogP contribution is -2.26. The summed E-state index contributed by atoms with van der Waals surface area (Å²) in [4.78, 5) is 15.1. The van der Waals surface area contributed by atoms with Crippen LogP contribution in [0.1, 0.15) is 12.0 Å². The van der Waals surface area contributed by atoms with Crippen molar-refractivity contribution in [3.63, 3.8) is 0 Å². The first kappa shape index (κ1) is 12.4. The van der Waals surface area contributed by atoms with E-state index >= 15 is 0 Å². The van der Waals surface area contributed by atoms with Gasteiger partial charge in [0.2, 0.25) is 0 Å². The number of benzene rings is 1. The van der Waals surface area contributed by atoms with E-state index in [9.17, 15) is 9.18 Å². The van der Waals surface area contributed by atoms with Crippen LogP contribution in [-0.4, -0.2) is 12.6 Å². The van der Waals surface area contributed by atoms with Crippen molar-refractivity contribution >= 4 is 5.97 Å². The number of ether oxygens (including phenoxy) is 1. The van der Waals surface area contributed by atoms with E-state index in [1.165, 1.54) is 12.1 Å². The minimum Gasteiger partial charge on any atom is -0.493 e. The summed E-state index contributed by atoms with van der Waals surface area (Å²) in [5.41, 5.74) is 2.27. The van der Waals surface area contributed by atoms with E-state index in [-0.39, 0.29) is 18.8 Å². The van der Waals surface area contributed by atoms with Gasteiger partial charge in [0, 0.05) is 0 Å². The first-order chi connectivity index (χ1) is 7.63. The second-order valence-electron chi connectivity index (χ2n) is 3.10. The van der Waals surface area contributed by atoms with E-state index in [4.69, 9.17) is 10.6 Å². The monoisotopic (exact) mass is 228 g/mol. The predicted octanol–water partition coefficient (Wildman–Crippen LogP) is 0.825. The van der Waals surface area contributed by atoms with Crippen molar-refractivity contribution in [2.75, 3.05) is 6.61 Å². The third kappa shape index (κ3) is 3.84. The number of hydrogen-bond donors (Lipinski definition) is 2. The number of carbonyl (C=O) groups excluding carboxylic acids is 1.